The summed E-state index contributed by atoms with van der Waals surface area (Å²) in [6.45, 7) is 0.0394. The van der Waals surface area contributed by atoms with Crippen molar-refractivity contribution in [3.63, 3.8) is 0 Å². The van der Waals surface area contributed by atoms with Crippen LogP contribution in [0.2, 0.25) is 5.15 Å². The van der Waals surface area contributed by atoms with E-state index in [1.165, 1.54) is 6.33 Å². The Labute approximate surface area is 114 Å². The minimum atomic E-state index is -0.456. The summed E-state index contributed by atoms with van der Waals surface area (Å²) in [5, 5.41) is 20.0. The number of rotatable bonds is 2. The van der Waals surface area contributed by atoms with Crippen molar-refractivity contribution in [3.05, 3.63) is 17.8 Å². The molecule has 2 heterocycles. The highest BCUT2D eigenvalue weighted by molar-refractivity contribution is 6.33. The summed E-state index contributed by atoms with van der Waals surface area (Å²) >= 11 is 5.99. The molecule has 0 spiro atoms. The molecule has 2 fully saturated rings. The molecule has 0 saturated heterocycles. The van der Waals surface area contributed by atoms with Gasteiger partial charge in [0.2, 0.25) is 0 Å². The van der Waals surface area contributed by atoms with Gasteiger partial charge in [-0.1, -0.05) is 11.6 Å². The van der Waals surface area contributed by atoms with Crippen molar-refractivity contribution in [1.29, 1.82) is 0 Å². The molecule has 2 aromatic heterocycles. The lowest BCUT2D eigenvalue weighted by atomic mass is 10.0. The van der Waals surface area contributed by atoms with E-state index in [1.807, 2.05) is 4.57 Å². The second-order valence-corrected chi connectivity index (χ2v) is 5.87. The molecule has 100 valence electrons. The monoisotopic (exact) mass is 280 g/mol. The predicted octanol–water partition coefficient (Wildman–Crippen LogP) is 0.784. The molecule has 4 atom stereocenters. The number of aliphatic hydroxyl groups excluding tert-OH is 2. The molecule has 19 heavy (non-hydrogen) atoms. The molecule has 0 aromatic carbocycles. The third-order valence-corrected chi connectivity index (χ3v) is 5.01. The molecule has 2 saturated carbocycles. The van der Waals surface area contributed by atoms with Gasteiger partial charge in [-0.05, 0) is 18.8 Å². The van der Waals surface area contributed by atoms with Gasteiger partial charge in [0.25, 0.3) is 0 Å². The summed E-state index contributed by atoms with van der Waals surface area (Å²) in [5.41, 5.74) is 0.969. The van der Waals surface area contributed by atoms with Gasteiger partial charge in [-0.2, -0.15) is 0 Å². The summed E-state index contributed by atoms with van der Waals surface area (Å²) in [7, 11) is 0. The van der Waals surface area contributed by atoms with Gasteiger partial charge < -0.3 is 14.8 Å². The lowest BCUT2D eigenvalue weighted by molar-refractivity contribution is 0.0600. The zero-order valence-electron chi connectivity index (χ0n) is 10.1. The van der Waals surface area contributed by atoms with E-state index in [9.17, 15) is 10.2 Å². The van der Waals surface area contributed by atoms with Crippen LogP contribution >= 0.6 is 11.6 Å². The van der Waals surface area contributed by atoms with Crippen LogP contribution in [0.1, 0.15) is 18.9 Å². The Morgan fingerprint density at radius 1 is 1.42 bits per heavy atom. The van der Waals surface area contributed by atoms with Crippen molar-refractivity contribution >= 4 is 22.8 Å². The molecule has 2 aromatic rings. The molecular formula is C12H13ClN4O2. The van der Waals surface area contributed by atoms with Gasteiger partial charge in [-0.3, -0.25) is 0 Å². The lowest BCUT2D eigenvalue weighted by Gasteiger charge is -2.16. The topological polar surface area (TPSA) is 84.1 Å². The minimum absolute atomic E-state index is 0.0394. The highest BCUT2D eigenvalue weighted by atomic mass is 35.5. The summed E-state index contributed by atoms with van der Waals surface area (Å²) in [6, 6.07) is 0.123. The Morgan fingerprint density at radius 2 is 2.26 bits per heavy atom. The van der Waals surface area contributed by atoms with Crippen molar-refractivity contribution in [1.82, 2.24) is 19.5 Å². The zero-order valence-corrected chi connectivity index (χ0v) is 10.8. The second kappa shape index (κ2) is 3.65. The molecule has 0 radical (unpaired) electrons. The highest BCUT2D eigenvalue weighted by Gasteiger charge is 2.67. The number of aromatic nitrogens is 4. The van der Waals surface area contributed by atoms with E-state index in [1.54, 1.807) is 6.33 Å². The van der Waals surface area contributed by atoms with E-state index in [0.717, 1.165) is 6.42 Å². The average Bonchev–Trinajstić information content (AvgIpc) is 2.89. The van der Waals surface area contributed by atoms with Crippen molar-refractivity contribution in [2.45, 2.75) is 25.0 Å². The number of hydrogen-bond donors (Lipinski definition) is 2. The number of nitrogens with zero attached hydrogens (tertiary/aromatic N) is 4. The van der Waals surface area contributed by atoms with E-state index in [4.69, 9.17) is 11.6 Å². The fourth-order valence-electron chi connectivity index (χ4n) is 3.54. The van der Waals surface area contributed by atoms with Crippen LogP contribution in [-0.4, -0.2) is 42.4 Å². The Morgan fingerprint density at radius 3 is 2.95 bits per heavy atom. The standard InChI is InChI=1S/C12H13ClN4O2/c13-10-9-11(15-4-14-10)17(5-16-9)7-1-8(19)12(3-18)2-6(7)12/h4-8,18-19H,1-3H2/t6-,7+,8+,12+/m1/s1. The summed E-state index contributed by atoms with van der Waals surface area (Å²) in [5.74, 6) is 0.290. The summed E-state index contributed by atoms with van der Waals surface area (Å²) in [4.78, 5) is 12.4. The molecule has 2 N–H and O–H groups in total. The maximum atomic E-state index is 10.1. The van der Waals surface area contributed by atoms with Crippen LogP contribution in [0.4, 0.5) is 0 Å². The molecule has 0 aliphatic heterocycles. The van der Waals surface area contributed by atoms with Gasteiger partial charge in [0, 0.05) is 11.5 Å². The molecular weight excluding hydrogens is 268 g/mol. The maximum Gasteiger partial charge on any atom is 0.165 e. The zero-order chi connectivity index (χ0) is 13.2. The molecule has 4 rings (SSSR count). The molecule has 2 aliphatic rings. The van der Waals surface area contributed by atoms with Crippen LogP contribution in [0.3, 0.4) is 0 Å². The van der Waals surface area contributed by atoms with Crippen LogP contribution in [0.5, 0.6) is 0 Å². The number of aliphatic hydroxyl groups is 2. The lowest BCUT2D eigenvalue weighted by Crippen LogP contribution is -2.22. The van der Waals surface area contributed by atoms with Gasteiger partial charge in [0.1, 0.15) is 11.8 Å². The molecule has 0 bridgehead atoms. The predicted molar refractivity (Wildman–Crippen MR) is 67.6 cm³/mol. The van der Waals surface area contributed by atoms with Gasteiger partial charge >= 0.3 is 0 Å². The molecule has 0 unspecified atom stereocenters. The molecule has 7 heteroatoms. The van der Waals surface area contributed by atoms with Gasteiger partial charge in [-0.15, -0.1) is 0 Å². The van der Waals surface area contributed by atoms with Gasteiger partial charge in [0.15, 0.2) is 10.8 Å². The number of hydrogen-bond acceptors (Lipinski definition) is 5. The summed E-state index contributed by atoms with van der Waals surface area (Å²) in [6.07, 6.45) is 4.14. The fourth-order valence-corrected chi connectivity index (χ4v) is 3.72. The number of imidazole rings is 1. The fraction of sp³-hybridized carbons (Fsp3) is 0.583. The molecule has 0 amide bonds. The largest absolute Gasteiger partial charge is 0.396 e. The van der Waals surface area contributed by atoms with Crippen molar-refractivity contribution in [2.24, 2.45) is 11.3 Å². The Bertz CT molecular complexity index is 660. The Hall–Kier alpha value is -1.24. The molecule has 2 aliphatic carbocycles. The van der Waals surface area contributed by atoms with Crippen LogP contribution in [0.15, 0.2) is 12.7 Å². The smallest absolute Gasteiger partial charge is 0.165 e. The third kappa shape index (κ3) is 1.36. The van der Waals surface area contributed by atoms with Crippen LogP contribution < -0.4 is 0 Å². The Balaban J connectivity index is 1.79. The number of halogens is 1. The quantitative estimate of drug-likeness (QED) is 0.795. The first kappa shape index (κ1) is 11.6. The highest BCUT2D eigenvalue weighted by Crippen LogP contribution is 2.67. The van der Waals surface area contributed by atoms with Gasteiger partial charge in [-0.25, -0.2) is 15.0 Å². The average molecular weight is 281 g/mol. The Kier molecular flexibility index (Phi) is 2.23. The maximum absolute atomic E-state index is 10.1. The first-order valence-electron chi connectivity index (χ1n) is 6.29. The van der Waals surface area contributed by atoms with E-state index in [0.29, 0.717) is 28.7 Å². The first-order valence-corrected chi connectivity index (χ1v) is 6.67. The SMILES string of the molecule is OC[C@@]12C[C@@H]1[C@@H](n1cnc3c(Cl)ncnc31)C[C@@H]2O. The van der Waals surface area contributed by atoms with Crippen LogP contribution in [-0.2, 0) is 0 Å². The summed E-state index contributed by atoms with van der Waals surface area (Å²) < 4.78 is 1.96. The second-order valence-electron chi connectivity index (χ2n) is 5.51. The van der Waals surface area contributed by atoms with Gasteiger partial charge in [0.05, 0.1) is 19.0 Å². The third-order valence-electron chi connectivity index (χ3n) is 4.74. The van der Waals surface area contributed by atoms with E-state index in [-0.39, 0.29) is 18.1 Å². The van der Waals surface area contributed by atoms with Crippen LogP contribution in [0, 0.1) is 11.3 Å². The van der Waals surface area contributed by atoms with Crippen molar-refractivity contribution < 1.29 is 10.2 Å². The molecule has 6 nitrogen and oxygen atoms in total. The van der Waals surface area contributed by atoms with Crippen LogP contribution in [0.25, 0.3) is 11.2 Å². The van der Waals surface area contributed by atoms with Crippen molar-refractivity contribution in [2.75, 3.05) is 6.61 Å². The minimum Gasteiger partial charge on any atom is -0.396 e. The normalized spacial score (nSPS) is 36.7. The van der Waals surface area contributed by atoms with E-state index >= 15 is 0 Å². The van der Waals surface area contributed by atoms with E-state index < -0.39 is 6.10 Å². The number of fused-ring (bicyclic) bond motifs is 2. The first-order chi connectivity index (χ1) is 9.17. The van der Waals surface area contributed by atoms with E-state index in [2.05, 4.69) is 15.0 Å². The van der Waals surface area contributed by atoms with Crippen molar-refractivity contribution in [3.8, 4) is 0 Å².